The number of alkyl halides is 3. The number of aryl methyl sites for hydroxylation is 1. The molecule has 0 radical (unpaired) electrons. The maximum Gasteiger partial charge on any atom is 0.278 e. The van der Waals surface area contributed by atoms with Gasteiger partial charge in [-0.2, -0.15) is 0 Å². The average molecular weight is 531 g/mol. The Hall–Kier alpha value is -1.72. The number of halogens is 3. The number of hydrogen-bond donors (Lipinski definition) is 1. The zero-order chi connectivity index (χ0) is 25.1. The van der Waals surface area contributed by atoms with Crippen LogP contribution in [0.15, 0.2) is 6.20 Å². The molecule has 0 saturated heterocycles. The van der Waals surface area contributed by atoms with Gasteiger partial charge in [-0.25, -0.2) is 23.1 Å². The average Bonchev–Trinajstić information content (AvgIpc) is 3.33. The van der Waals surface area contributed by atoms with E-state index in [0.717, 1.165) is 46.9 Å². The molecule has 0 unspecified atom stereocenters. The van der Waals surface area contributed by atoms with Gasteiger partial charge in [-0.05, 0) is 45.4 Å². The predicted octanol–water partition coefficient (Wildman–Crippen LogP) is 4.74. The van der Waals surface area contributed by atoms with Crippen LogP contribution in [0, 0.1) is 6.92 Å². The number of thiazole rings is 2. The highest BCUT2D eigenvalue weighted by molar-refractivity contribution is 7.13. The van der Waals surface area contributed by atoms with E-state index in [2.05, 4.69) is 20.2 Å². The first-order chi connectivity index (χ1) is 16.6. The number of amides is 1. The summed E-state index contributed by atoms with van der Waals surface area (Å²) >= 11 is 2.86. The summed E-state index contributed by atoms with van der Waals surface area (Å²) in [6.07, 6.45) is 6.27. The van der Waals surface area contributed by atoms with Crippen LogP contribution in [-0.4, -0.2) is 64.6 Å². The Morgan fingerprint density at radius 1 is 1.29 bits per heavy atom. The standard InChI is InChI=1S/C24H33F3N4O2S2/c1-16-28-14-18(34-16)13-21(32)29-17-3-7-24(27,8-4-17)9-12-31-10-5-19-20(6-11-31)35-22(30-19)33-15-23(2,25)26/h14,17H,3-13,15H2,1-2H3,(H,29,32). The number of aromatic nitrogens is 2. The maximum absolute atomic E-state index is 15.5. The molecule has 194 valence electrons. The van der Waals surface area contributed by atoms with Crippen molar-refractivity contribution in [3.8, 4) is 5.19 Å². The van der Waals surface area contributed by atoms with E-state index in [1.54, 1.807) is 6.20 Å². The highest BCUT2D eigenvalue weighted by Crippen LogP contribution is 2.36. The number of rotatable bonds is 9. The molecule has 0 aromatic carbocycles. The summed E-state index contributed by atoms with van der Waals surface area (Å²) in [4.78, 5) is 25.2. The van der Waals surface area contributed by atoms with Gasteiger partial charge in [-0.15, -0.1) is 11.3 Å². The van der Waals surface area contributed by atoms with Gasteiger partial charge >= 0.3 is 0 Å². The fourth-order valence-corrected chi connectivity index (χ4v) is 6.41. The van der Waals surface area contributed by atoms with Crippen LogP contribution in [0.3, 0.4) is 0 Å². The topological polar surface area (TPSA) is 67.4 Å². The van der Waals surface area contributed by atoms with Crippen molar-refractivity contribution in [1.29, 1.82) is 0 Å². The lowest BCUT2D eigenvalue weighted by Crippen LogP contribution is -2.43. The quantitative estimate of drug-likeness (QED) is 0.507. The van der Waals surface area contributed by atoms with Crippen LogP contribution in [0.5, 0.6) is 5.19 Å². The van der Waals surface area contributed by atoms with Gasteiger partial charge in [0.15, 0.2) is 6.61 Å². The van der Waals surface area contributed by atoms with E-state index in [-0.39, 0.29) is 11.9 Å². The molecule has 6 nitrogen and oxygen atoms in total. The summed E-state index contributed by atoms with van der Waals surface area (Å²) in [6.45, 7) is 4.32. The van der Waals surface area contributed by atoms with Crippen molar-refractivity contribution in [2.24, 2.45) is 0 Å². The minimum absolute atomic E-state index is 0.0207. The molecule has 0 atom stereocenters. The van der Waals surface area contributed by atoms with Crippen molar-refractivity contribution >= 4 is 28.6 Å². The Labute approximate surface area is 212 Å². The minimum atomic E-state index is -2.88. The summed E-state index contributed by atoms with van der Waals surface area (Å²) in [7, 11) is 0. The third-order valence-corrected chi connectivity index (χ3v) is 8.64. The lowest BCUT2D eigenvalue weighted by atomic mass is 9.81. The smallest absolute Gasteiger partial charge is 0.278 e. The lowest BCUT2D eigenvalue weighted by Gasteiger charge is -2.35. The monoisotopic (exact) mass is 530 g/mol. The van der Waals surface area contributed by atoms with Gasteiger partial charge in [-0.3, -0.25) is 4.79 Å². The molecule has 1 aliphatic heterocycles. The van der Waals surface area contributed by atoms with Gasteiger partial charge in [0.05, 0.1) is 17.1 Å². The SMILES string of the molecule is Cc1ncc(CC(=O)NC2CCC(F)(CCN3CCc4nc(OCC(C)(F)F)sc4CC3)CC2)s1. The summed E-state index contributed by atoms with van der Waals surface area (Å²) < 4.78 is 46.7. The van der Waals surface area contributed by atoms with E-state index in [0.29, 0.717) is 56.7 Å². The maximum atomic E-state index is 15.5. The molecule has 2 aromatic heterocycles. The van der Waals surface area contributed by atoms with Crippen molar-refractivity contribution in [2.75, 3.05) is 26.2 Å². The molecule has 1 N–H and O–H groups in total. The number of nitrogens with zero attached hydrogens (tertiary/aromatic N) is 3. The normalized spacial score (nSPS) is 23.5. The van der Waals surface area contributed by atoms with Crippen LogP contribution in [0.1, 0.15) is 59.5 Å². The highest BCUT2D eigenvalue weighted by atomic mass is 32.1. The van der Waals surface area contributed by atoms with Crippen molar-refractivity contribution < 1.29 is 22.7 Å². The van der Waals surface area contributed by atoms with Gasteiger partial charge in [0, 0.05) is 55.0 Å². The van der Waals surface area contributed by atoms with E-state index in [1.165, 1.54) is 22.7 Å². The van der Waals surface area contributed by atoms with Crippen molar-refractivity contribution in [1.82, 2.24) is 20.2 Å². The fourth-order valence-electron chi connectivity index (χ4n) is 4.67. The summed E-state index contributed by atoms with van der Waals surface area (Å²) in [5.41, 5.74) is -0.288. The summed E-state index contributed by atoms with van der Waals surface area (Å²) in [5.74, 6) is -2.90. The van der Waals surface area contributed by atoms with Crippen LogP contribution in [0.4, 0.5) is 13.2 Å². The first kappa shape index (κ1) is 26.3. The minimum Gasteiger partial charge on any atom is -0.464 e. The van der Waals surface area contributed by atoms with E-state index < -0.39 is 18.2 Å². The number of fused-ring (bicyclic) bond motifs is 1. The van der Waals surface area contributed by atoms with Crippen molar-refractivity contribution in [2.45, 2.75) is 82.8 Å². The molecule has 0 bridgehead atoms. The summed E-state index contributed by atoms with van der Waals surface area (Å²) in [6, 6.07) is 0.0321. The van der Waals surface area contributed by atoms with Crippen LogP contribution in [0.25, 0.3) is 0 Å². The van der Waals surface area contributed by atoms with E-state index >= 15 is 4.39 Å². The molecule has 3 heterocycles. The Morgan fingerprint density at radius 2 is 2.03 bits per heavy atom. The zero-order valence-electron chi connectivity index (χ0n) is 20.2. The van der Waals surface area contributed by atoms with Gasteiger partial charge in [0.2, 0.25) is 5.91 Å². The van der Waals surface area contributed by atoms with Crippen LogP contribution < -0.4 is 10.1 Å². The number of ether oxygens (including phenoxy) is 1. The Kier molecular flexibility index (Phi) is 8.38. The van der Waals surface area contributed by atoms with Gasteiger partial charge in [0.25, 0.3) is 11.1 Å². The molecular weight excluding hydrogens is 497 g/mol. The van der Waals surface area contributed by atoms with Gasteiger partial charge in [0.1, 0.15) is 5.67 Å². The molecule has 2 aromatic rings. The molecule has 4 rings (SSSR count). The summed E-state index contributed by atoms with van der Waals surface area (Å²) in [5, 5.41) is 4.31. The second-order valence-corrected chi connectivity index (χ2v) is 12.2. The van der Waals surface area contributed by atoms with Crippen LogP contribution in [0.2, 0.25) is 0 Å². The molecule has 0 spiro atoms. The molecular formula is C24H33F3N4O2S2. The Morgan fingerprint density at radius 3 is 2.71 bits per heavy atom. The Bertz CT molecular complexity index is 974. The second kappa shape index (κ2) is 11.1. The molecule has 2 aliphatic rings. The number of hydrogen-bond acceptors (Lipinski definition) is 7. The van der Waals surface area contributed by atoms with Crippen LogP contribution in [-0.2, 0) is 24.1 Å². The molecule has 1 saturated carbocycles. The van der Waals surface area contributed by atoms with Crippen LogP contribution >= 0.6 is 22.7 Å². The number of carbonyl (C=O) groups is 1. The predicted molar refractivity (Wildman–Crippen MR) is 131 cm³/mol. The Balaban J connectivity index is 1.17. The van der Waals surface area contributed by atoms with Crippen molar-refractivity contribution in [3.63, 3.8) is 0 Å². The first-order valence-electron chi connectivity index (χ1n) is 12.2. The van der Waals surface area contributed by atoms with Crippen molar-refractivity contribution in [3.05, 3.63) is 26.7 Å². The van der Waals surface area contributed by atoms with Gasteiger partial charge in [-0.1, -0.05) is 11.3 Å². The van der Waals surface area contributed by atoms with E-state index in [1.807, 2.05) is 6.92 Å². The zero-order valence-corrected chi connectivity index (χ0v) is 21.9. The van der Waals surface area contributed by atoms with E-state index in [4.69, 9.17) is 4.74 Å². The fraction of sp³-hybridized carbons (Fsp3) is 0.708. The van der Waals surface area contributed by atoms with E-state index in [9.17, 15) is 13.6 Å². The number of carbonyl (C=O) groups excluding carboxylic acids is 1. The largest absolute Gasteiger partial charge is 0.464 e. The number of nitrogens with one attached hydrogen (secondary N) is 1. The molecule has 1 fully saturated rings. The highest BCUT2D eigenvalue weighted by Gasteiger charge is 2.36. The lowest BCUT2D eigenvalue weighted by molar-refractivity contribution is -0.121. The first-order valence-corrected chi connectivity index (χ1v) is 13.8. The second-order valence-electron chi connectivity index (χ2n) is 9.82. The third-order valence-electron chi connectivity index (χ3n) is 6.65. The molecule has 11 heteroatoms. The molecule has 1 aliphatic carbocycles. The molecule has 1 amide bonds. The molecule has 35 heavy (non-hydrogen) atoms. The van der Waals surface area contributed by atoms with Gasteiger partial charge < -0.3 is 15.0 Å². The third kappa shape index (κ3) is 7.88.